The van der Waals surface area contributed by atoms with Crippen molar-refractivity contribution in [2.24, 2.45) is 23.7 Å². The predicted octanol–water partition coefficient (Wildman–Crippen LogP) is 2.81. The molecule has 0 amide bonds. The van der Waals surface area contributed by atoms with E-state index >= 15 is 0 Å². The fraction of sp³-hybridized carbons (Fsp3) is 0.929. The lowest BCUT2D eigenvalue weighted by atomic mass is 9.83. The first-order valence-corrected chi connectivity index (χ1v) is 6.88. The van der Waals surface area contributed by atoms with Gasteiger partial charge in [-0.05, 0) is 49.4 Å². The first kappa shape index (κ1) is 10.8. The highest BCUT2D eigenvalue weighted by atomic mass is 16.5. The van der Waals surface area contributed by atoms with E-state index in [0.29, 0.717) is 17.6 Å². The molecule has 90 valence electrons. The first-order chi connectivity index (χ1) is 7.74. The molecule has 3 fully saturated rings. The van der Waals surface area contributed by atoms with E-state index in [1.165, 1.54) is 25.7 Å². The van der Waals surface area contributed by atoms with Crippen LogP contribution in [-0.4, -0.2) is 18.5 Å². The molecular formula is C14H22O2. The maximum Gasteiger partial charge on any atom is 0.162 e. The standard InChI is InChI=1S/C14H22O2/c1-9-4-5-16-14(9)13(15)8-12-7-10-2-3-11(12)6-10/h9-12,14H,2-8H2,1H3. The largest absolute Gasteiger partial charge is 0.370 e. The normalized spacial score (nSPS) is 46.4. The van der Waals surface area contributed by atoms with E-state index in [4.69, 9.17) is 4.74 Å². The van der Waals surface area contributed by atoms with Crippen LogP contribution in [0.3, 0.4) is 0 Å². The summed E-state index contributed by atoms with van der Waals surface area (Å²) in [7, 11) is 0. The van der Waals surface area contributed by atoms with Crippen molar-refractivity contribution in [3.05, 3.63) is 0 Å². The Morgan fingerprint density at radius 1 is 1.25 bits per heavy atom. The second kappa shape index (κ2) is 4.14. The minimum absolute atomic E-state index is 0.0703. The lowest BCUT2D eigenvalue weighted by molar-refractivity contribution is -0.130. The molecule has 2 heteroatoms. The summed E-state index contributed by atoms with van der Waals surface area (Å²) in [6.07, 6.45) is 7.31. The Morgan fingerprint density at radius 2 is 2.12 bits per heavy atom. The zero-order valence-electron chi connectivity index (χ0n) is 10.2. The van der Waals surface area contributed by atoms with Gasteiger partial charge in [-0.25, -0.2) is 0 Å². The molecule has 16 heavy (non-hydrogen) atoms. The zero-order valence-corrected chi connectivity index (χ0v) is 10.2. The highest BCUT2D eigenvalue weighted by molar-refractivity contribution is 5.83. The summed E-state index contributed by atoms with van der Waals surface area (Å²) in [5, 5.41) is 0. The van der Waals surface area contributed by atoms with Crippen LogP contribution in [0, 0.1) is 23.7 Å². The molecule has 2 bridgehead atoms. The molecule has 5 atom stereocenters. The van der Waals surface area contributed by atoms with Crippen LogP contribution in [0.1, 0.15) is 45.4 Å². The van der Waals surface area contributed by atoms with Gasteiger partial charge in [0.1, 0.15) is 6.10 Å². The van der Waals surface area contributed by atoms with E-state index in [-0.39, 0.29) is 6.10 Å². The van der Waals surface area contributed by atoms with Gasteiger partial charge in [0.25, 0.3) is 0 Å². The molecule has 0 spiro atoms. The monoisotopic (exact) mass is 222 g/mol. The van der Waals surface area contributed by atoms with Crippen molar-refractivity contribution in [1.29, 1.82) is 0 Å². The molecular weight excluding hydrogens is 200 g/mol. The Kier molecular flexibility index (Phi) is 2.78. The molecule has 1 heterocycles. The molecule has 0 aromatic rings. The summed E-state index contributed by atoms with van der Waals surface area (Å²) in [4.78, 5) is 12.2. The van der Waals surface area contributed by atoms with Crippen LogP contribution in [-0.2, 0) is 9.53 Å². The van der Waals surface area contributed by atoms with Crippen LogP contribution in [0.15, 0.2) is 0 Å². The predicted molar refractivity (Wildman–Crippen MR) is 62.1 cm³/mol. The maximum atomic E-state index is 12.2. The van der Waals surface area contributed by atoms with Gasteiger partial charge >= 0.3 is 0 Å². The molecule has 0 aromatic carbocycles. The van der Waals surface area contributed by atoms with Gasteiger partial charge in [-0.2, -0.15) is 0 Å². The summed E-state index contributed by atoms with van der Waals surface area (Å²) in [6, 6.07) is 0. The van der Waals surface area contributed by atoms with Crippen molar-refractivity contribution in [2.45, 2.75) is 51.6 Å². The highest BCUT2D eigenvalue weighted by Gasteiger charge is 2.41. The van der Waals surface area contributed by atoms with Crippen LogP contribution in [0.25, 0.3) is 0 Å². The minimum Gasteiger partial charge on any atom is -0.370 e. The zero-order chi connectivity index (χ0) is 11.1. The average Bonchev–Trinajstić information content (AvgIpc) is 2.92. The summed E-state index contributed by atoms with van der Waals surface area (Å²) in [6.45, 7) is 2.94. The minimum atomic E-state index is -0.0703. The third-order valence-corrected chi connectivity index (χ3v) is 5.05. The highest BCUT2D eigenvalue weighted by Crippen LogP contribution is 2.49. The summed E-state index contributed by atoms with van der Waals surface area (Å²) in [5.41, 5.74) is 0. The van der Waals surface area contributed by atoms with Gasteiger partial charge in [0.15, 0.2) is 5.78 Å². The number of carbonyl (C=O) groups is 1. The molecule has 0 aromatic heterocycles. The smallest absolute Gasteiger partial charge is 0.162 e. The van der Waals surface area contributed by atoms with Crippen LogP contribution in [0.4, 0.5) is 0 Å². The molecule has 2 nitrogen and oxygen atoms in total. The van der Waals surface area contributed by atoms with Crippen LogP contribution < -0.4 is 0 Å². The van der Waals surface area contributed by atoms with Crippen molar-refractivity contribution in [3.8, 4) is 0 Å². The molecule has 5 unspecified atom stereocenters. The Balaban J connectivity index is 1.56. The van der Waals surface area contributed by atoms with Crippen LogP contribution in [0.5, 0.6) is 0 Å². The fourth-order valence-electron chi connectivity index (χ4n) is 4.11. The molecule has 3 rings (SSSR count). The Morgan fingerprint density at radius 3 is 2.69 bits per heavy atom. The summed E-state index contributed by atoms with van der Waals surface area (Å²) in [5.74, 6) is 3.35. The van der Waals surface area contributed by atoms with Crippen molar-refractivity contribution in [3.63, 3.8) is 0 Å². The Labute approximate surface area is 97.7 Å². The van der Waals surface area contributed by atoms with Crippen molar-refractivity contribution < 1.29 is 9.53 Å². The van der Waals surface area contributed by atoms with E-state index in [1.54, 1.807) is 0 Å². The third kappa shape index (κ3) is 1.81. The first-order valence-electron chi connectivity index (χ1n) is 6.88. The number of hydrogen-bond acceptors (Lipinski definition) is 2. The lowest BCUT2D eigenvalue weighted by Crippen LogP contribution is -2.28. The maximum absolute atomic E-state index is 12.2. The molecule has 0 N–H and O–H groups in total. The van der Waals surface area contributed by atoms with Crippen molar-refractivity contribution in [2.75, 3.05) is 6.61 Å². The number of rotatable bonds is 3. The molecule has 2 aliphatic carbocycles. The topological polar surface area (TPSA) is 26.3 Å². The van der Waals surface area contributed by atoms with Crippen LogP contribution in [0.2, 0.25) is 0 Å². The number of ether oxygens (including phenoxy) is 1. The van der Waals surface area contributed by atoms with E-state index in [2.05, 4.69) is 6.92 Å². The number of hydrogen-bond donors (Lipinski definition) is 0. The van der Waals surface area contributed by atoms with Gasteiger partial charge in [0, 0.05) is 13.0 Å². The third-order valence-electron chi connectivity index (χ3n) is 5.05. The lowest BCUT2D eigenvalue weighted by Gasteiger charge is -2.23. The second-order valence-electron chi connectivity index (χ2n) is 6.16. The van der Waals surface area contributed by atoms with E-state index < -0.39 is 0 Å². The average molecular weight is 222 g/mol. The number of ketones is 1. The van der Waals surface area contributed by atoms with Gasteiger partial charge in [-0.15, -0.1) is 0 Å². The van der Waals surface area contributed by atoms with Gasteiger partial charge < -0.3 is 4.74 Å². The molecule has 2 saturated carbocycles. The fourth-order valence-corrected chi connectivity index (χ4v) is 4.11. The quantitative estimate of drug-likeness (QED) is 0.734. The van der Waals surface area contributed by atoms with Gasteiger partial charge in [0.2, 0.25) is 0 Å². The number of Topliss-reactive ketones (excluding diaryl/α,β-unsaturated/α-hetero) is 1. The van der Waals surface area contributed by atoms with Gasteiger partial charge in [0.05, 0.1) is 0 Å². The Hall–Kier alpha value is -0.370. The van der Waals surface area contributed by atoms with E-state index in [9.17, 15) is 4.79 Å². The second-order valence-corrected chi connectivity index (χ2v) is 6.16. The SMILES string of the molecule is CC1CCOC1C(=O)CC1CC2CCC1C2. The molecule has 1 aliphatic heterocycles. The summed E-state index contributed by atoms with van der Waals surface area (Å²) < 4.78 is 5.57. The van der Waals surface area contributed by atoms with Gasteiger partial charge in [-0.3, -0.25) is 4.79 Å². The van der Waals surface area contributed by atoms with Crippen LogP contribution >= 0.6 is 0 Å². The number of carbonyl (C=O) groups excluding carboxylic acids is 1. The number of fused-ring (bicyclic) bond motifs is 2. The van der Waals surface area contributed by atoms with Crippen molar-refractivity contribution >= 4 is 5.78 Å². The van der Waals surface area contributed by atoms with Gasteiger partial charge in [-0.1, -0.05) is 13.3 Å². The molecule has 1 saturated heterocycles. The Bertz CT molecular complexity index is 286. The van der Waals surface area contributed by atoms with E-state index in [1.807, 2.05) is 0 Å². The molecule has 0 radical (unpaired) electrons. The summed E-state index contributed by atoms with van der Waals surface area (Å²) >= 11 is 0. The van der Waals surface area contributed by atoms with Crippen molar-refractivity contribution in [1.82, 2.24) is 0 Å². The molecule has 3 aliphatic rings. The van der Waals surface area contributed by atoms with E-state index in [0.717, 1.165) is 31.3 Å².